The molecule has 0 aliphatic heterocycles. The van der Waals surface area contributed by atoms with E-state index < -0.39 is 0 Å². The summed E-state index contributed by atoms with van der Waals surface area (Å²) in [6, 6.07) is 8.33. The van der Waals surface area contributed by atoms with Gasteiger partial charge in [-0.3, -0.25) is 4.79 Å². The predicted molar refractivity (Wildman–Crippen MR) is 99.3 cm³/mol. The van der Waals surface area contributed by atoms with Gasteiger partial charge in [0.05, 0.1) is 5.75 Å². The molecule has 1 aromatic heterocycles. The second-order valence-electron chi connectivity index (χ2n) is 5.91. The molecule has 0 radical (unpaired) electrons. The smallest absolute Gasteiger partial charge is 0.230 e. The molecule has 1 amide bonds. The number of benzene rings is 1. The van der Waals surface area contributed by atoms with Gasteiger partial charge < -0.3 is 10.6 Å². The summed E-state index contributed by atoms with van der Waals surface area (Å²) in [6.45, 7) is 4.34. The van der Waals surface area contributed by atoms with Crippen LogP contribution in [0.25, 0.3) is 10.8 Å². The van der Waals surface area contributed by atoms with E-state index in [0.29, 0.717) is 18.3 Å². The van der Waals surface area contributed by atoms with Crippen LogP contribution in [0.1, 0.15) is 25.7 Å². The highest BCUT2D eigenvalue weighted by atomic mass is 32.2. The van der Waals surface area contributed by atoms with Gasteiger partial charge in [0.2, 0.25) is 5.91 Å². The highest BCUT2D eigenvalue weighted by Gasteiger charge is 2.17. The molecule has 1 aliphatic carbocycles. The van der Waals surface area contributed by atoms with Crippen LogP contribution in [0.2, 0.25) is 0 Å². The fourth-order valence-electron chi connectivity index (χ4n) is 2.96. The first-order valence-electron chi connectivity index (χ1n) is 8.30. The van der Waals surface area contributed by atoms with Crippen molar-refractivity contribution in [1.82, 2.24) is 15.5 Å². The summed E-state index contributed by atoms with van der Waals surface area (Å²) in [6.07, 6.45) is 6.42. The number of fused-ring (bicyclic) bond motifs is 1. The molecule has 3 rings (SSSR count). The van der Waals surface area contributed by atoms with E-state index in [9.17, 15) is 4.79 Å². The molecule has 126 valence electrons. The molecule has 2 N–H and O–H groups in total. The molecule has 1 aliphatic rings. The molecule has 1 aromatic carbocycles. The third-order valence-corrected chi connectivity index (χ3v) is 5.11. The Hall–Kier alpha value is -2.08. The Balaban J connectivity index is 1.70. The van der Waals surface area contributed by atoms with Crippen LogP contribution in [0.3, 0.4) is 0 Å². The molecule has 1 fully saturated rings. The van der Waals surface area contributed by atoms with E-state index in [0.717, 1.165) is 34.5 Å². The fraction of sp³-hybridized carbons (Fsp3) is 0.389. The van der Waals surface area contributed by atoms with Gasteiger partial charge in [0, 0.05) is 23.4 Å². The van der Waals surface area contributed by atoms with Gasteiger partial charge in [0.25, 0.3) is 0 Å². The molecular formula is C18H22N4OS. The number of amides is 1. The average Bonchev–Trinajstić information content (AvgIpc) is 3.11. The van der Waals surface area contributed by atoms with Gasteiger partial charge in [-0.15, -0.1) is 16.8 Å². The lowest BCUT2D eigenvalue weighted by Gasteiger charge is -2.12. The van der Waals surface area contributed by atoms with Crippen molar-refractivity contribution in [3.63, 3.8) is 0 Å². The van der Waals surface area contributed by atoms with Gasteiger partial charge in [0.15, 0.2) is 5.82 Å². The molecular weight excluding hydrogens is 320 g/mol. The standard InChI is InChI=1S/C18H22N4OS/c1-2-11-19-17-14-9-5-6-10-15(14)18(22-21-17)24-12-16(23)20-13-7-3-4-8-13/h2,5-6,9-10,13H,1,3-4,7-8,11-12H2,(H,19,21)(H,20,23). The number of nitrogens with zero attached hydrogens (tertiary/aromatic N) is 2. The average molecular weight is 342 g/mol. The summed E-state index contributed by atoms with van der Waals surface area (Å²) < 4.78 is 0. The van der Waals surface area contributed by atoms with Crippen LogP contribution in [-0.4, -0.2) is 34.4 Å². The predicted octanol–water partition coefficient (Wildman–Crippen LogP) is 3.38. The topological polar surface area (TPSA) is 66.9 Å². The number of carbonyl (C=O) groups is 1. The molecule has 0 bridgehead atoms. The minimum absolute atomic E-state index is 0.0756. The van der Waals surface area contributed by atoms with Crippen molar-refractivity contribution in [3.8, 4) is 0 Å². The molecule has 2 aromatic rings. The van der Waals surface area contributed by atoms with Crippen LogP contribution < -0.4 is 10.6 Å². The van der Waals surface area contributed by atoms with E-state index >= 15 is 0 Å². The molecule has 5 nitrogen and oxygen atoms in total. The second kappa shape index (κ2) is 8.15. The van der Waals surface area contributed by atoms with E-state index in [4.69, 9.17) is 0 Å². The number of nitrogens with one attached hydrogen (secondary N) is 2. The Bertz CT molecular complexity index is 728. The third kappa shape index (κ3) is 4.06. The molecule has 1 heterocycles. The van der Waals surface area contributed by atoms with Crippen molar-refractivity contribution in [2.24, 2.45) is 0 Å². The molecule has 0 spiro atoms. The zero-order valence-electron chi connectivity index (χ0n) is 13.6. The SMILES string of the molecule is C=CCNc1nnc(SCC(=O)NC2CCCC2)c2ccccc12. The second-order valence-corrected chi connectivity index (χ2v) is 6.87. The highest BCUT2D eigenvalue weighted by Crippen LogP contribution is 2.29. The number of anilines is 1. The first kappa shape index (κ1) is 16.8. The third-order valence-electron chi connectivity index (χ3n) is 4.13. The summed E-state index contributed by atoms with van der Waals surface area (Å²) in [5, 5.41) is 17.7. The van der Waals surface area contributed by atoms with Crippen molar-refractivity contribution in [2.75, 3.05) is 17.6 Å². The fourth-order valence-corrected chi connectivity index (χ4v) is 3.74. The maximum absolute atomic E-state index is 12.1. The van der Waals surface area contributed by atoms with Gasteiger partial charge in [-0.2, -0.15) is 0 Å². The Kier molecular flexibility index (Phi) is 5.69. The monoisotopic (exact) mass is 342 g/mol. The van der Waals surface area contributed by atoms with Crippen molar-refractivity contribution in [3.05, 3.63) is 36.9 Å². The Labute approximate surface area is 146 Å². The van der Waals surface area contributed by atoms with Crippen molar-refractivity contribution in [2.45, 2.75) is 36.8 Å². The molecule has 1 saturated carbocycles. The van der Waals surface area contributed by atoms with Crippen LogP contribution in [0.5, 0.6) is 0 Å². The van der Waals surface area contributed by atoms with Crippen LogP contribution >= 0.6 is 11.8 Å². The first-order chi connectivity index (χ1) is 11.8. The summed E-state index contributed by atoms with van der Waals surface area (Å²) in [7, 11) is 0. The number of carbonyl (C=O) groups excluding carboxylic acids is 1. The van der Waals surface area contributed by atoms with Crippen molar-refractivity contribution >= 4 is 34.3 Å². The van der Waals surface area contributed by atoms with E-state index in [1.54, 1.807) is 6.08 Å². The minimum Gasteiger partial charge on any atom is -0.365 e. The van der Waals surface area contributed by atoms with Gasteiger partial charge in [0.1, 0.15) is 5.03 Å². The number of aromatic nitrogens is 2. The summed E-state index contributed by atoms with van der Waals surface area (Å²) in [5.41, 5.74) is 0. The first-order valence-corrected chi connectivity index (χ1v) is 9.29. The summed E-state index contributed by atoms with van der Waals surface area (Å²) >= 11 is 1.44. The largest absolute Gasteiger partial charge is 0.365 e. The van der Waals surface area contributed by atoms with Crippen LogP contribution in [0.15, 0.2) is 41.9 Å². The molecule has 24 heavy (non-hydrogen) atoms. The minimum atomic E-state index is 0.0756. The molecule has 0 atom stereocenters. The van der Waals surface area contributed by atoms with E-state index in [1.165, 1.54) is 24.6 Å². The Morgan fingerprint density at radius 1 is 1.25 bits per heavy atom. The van der Waals surface area contributed by atoms with Crippen LogP contribution in [-0.2, 0) is 4.79 Å². The van der Waals surface area contributed by atoms with Crippen LogP contribution in [0, 0.1) is 0 Å². The molecule has 6 heteroatoms. The lowest BCUT2D eigenvalue weighted by Crippen LogP contribution is -2.33. The van der Waals surface area contributed by atoms with E-state index in [-0.39, 0.29) is 5.91 Å². The number of hydrogen-bond acceptors (Lipinski definition) is 5. The quantitative estimate of drug-likeness (QED) is 0.596. The van der Waals surface area contributed by atoms with Gasteiger partial charge in [-0.1, -0.05) is 54.9 Å². The lowest BCUT2D eigenvalue weighted by atomic mass is 10.2. The van der Waals surface area contributed by atoms with Gasteiger partial charge >= 0.3 is 0 Å². The number of hydrogen-bond donors (Lipinski definition) is 2. The van der Waals surface area contributed by atoms with Crippen molar-refractivity contribution in [1.29, 1.82) is 0 Å². The number of thioether (sulfide) groups is 1. The maximum Gasteiger partial charge on any atom is 0.230 e. The van der Waals surface area contributed by atoms with Gasteiger partial charge in [-0.05, 0) is 12.8 Å². The maximum atomic E-state index is 12.1. The summed E-state index contributed by atoms with van der Waals surface area (Å²) in [5.74, 6) is 1.19. The lowest BCUT2D eigenvalue weighted by molar-refractivity contribution is -0.119. The van der Waals surface area contributed by atoms with Crippen molar-refractivity contribution < 1.29 is 4.79 Å². The Morgan fingerprint density at radius 3 is 2.75 bits per heavy atom. The zero-order valence-corrected chi connectivity index (χ0v) is 14.4. The molecule has 0 saturated heterocycles. The summed E-state index contributed by atoms with van der Waals surface area (Å²) in [4.78, 5) is 12.1. The Morgan fingerprint density at radius 2 is 2.00 bits per heavy atom. The van der Waals surface area contributed by atoms with Crippen LogP contribution in [0.4, 0.5) is 5.82 Å². The molecule has 0 unspecified atom stereocenters. The zero-order chi connectivity index (χ0) is 16.8. The van der Waals surface area contributed by atoms with E-state index in [2.05, 4.69) is 27.4 Å². The van der Waals surface area contributed by atoms with E-state index in [1.807, 2.05) is 24.3 Å². The normalized spacial score (nSPS) is 14.7. The highest BCUT2D eigenvalue weighted by molar-refractivity contribution is 8.00. The number of rotatable bonds is 7. The van der Waals surface area contributed by atoms with Gasteiger partial charge in [-0.25, -0.2) is 0 Å².